The fraction of sp³-hybridized carbons (Fsp3) is 0.714. The number of nitrogens with zero attached hydrogens (tertiary/aromatic N) is 3. The first kappa shape index (κ1) is 14.1. The van der Waals surface area contributed by atoms with E-state index in [-0.39, 0.29) is 11.5 Å². The third kappa shape index (κ3) is 3.56. The van der Waals surface area contributed by atoms with Crippen LogP contribution >= 0.6 is 0 Å². The lowest BCUT2D eigenvalue weighted by molar-refractivity contribution is 0.434. The van der Waals surface area contributed by atoms with Crippen LogP contribution in [0.3, 0.4) is 0 Å². The van der Waals surface area contributed by atoms with Crippen molar-refractivity contribution in [1.82, 2.24) is 9.78 Å². The maximum absolute atomic E-state index is 12.0. The minimum Gasteiger partial charge on any atom is -0.370 e. The molecule has 1 aliphatic heterocycles. The van der Waals surface area contributed by atoms with E-state index in [1.807, 2.05) is 13.1 Å². The normalized spacial score (nSPS) is 21.4. The van der Waals surface area contributed by atoms with E-state index in [9.17, 15) is 4.79 Å². The number of hydrogen-bond acceptors (Lipinski definition) is 4. The summed E-state index contributed by atoms with van der Waals surface area (Å²) in [7, 11) is 0. The van der Waals surface area contributed by atoms with E-state index in [4.69, 9.17) is 5.73 Å². The van der Waals surface area contributed by atoms with E-state index >= 15 is 0 Å². The fourth-order valence-electron chi connectivity index (χ4n) is 2.53. The molecule has 0 radical (unpaired) electrons. The van der Waals surface area contributed by atoms with Crippen molar-refractivity contribution in [2.24, 2.45) is 17.6 Å². The van der Waals surface area contributed by atoms with Crippen LogP contribution in [0.5, 0.6) is 0 Å². The molecule has 2 N–H and O–H groups in total. The first-order valence-electron chi connectivity index (χ1n) is 7.12. The predicted octanol–water partition coefficient (Wildman–Crippen LogP) is 1.07. The zero-order chi connectivity index (χ0) is 13.8. The van der Waals surface area contributed by atoms with Crippen LogP contribution in [0.2, 0.25) is 0 Å². The van der Waals surface area contributed by atoms with Gasteiger partial charge in [0.1, 0.15) is 0 Å². The zero-order valence-corrected chi connectivity index (χ0v) is 11.9. The van der Waals surface area contributed by atoms with Crippen LogP contribution < -0.4 is 16.2 Å². The molecule has 2 heterocycles. The summed E-state index contributed by atoms with van der Waals surface area (Å²) in [6, 6.07) is 1.70. The molecule has 2 unspecified atom stereocenters. The highest BCUT2D eigenvalue weighted by atomic mass is 16.1. The zero-order valence-electron chi connectivity index (χ0n) is 11.9. The van der Waals surface area contributed by atoms with Gasteiger partial charge in [-0.1, -0.05) is 13.8 Å². The lowest BCUT2D eigenvalue weighted by atomic mass is 10.00. The number of rotatable bonds is 4. The molecule has 1 aliphatic rings. The largest absolute Gasteiger partial charge is 0.370 e. The average molecular weight is 264 g/mol. The first-order valence-corrected chi connectivity index (χ1v) is 7.12. The van der Waals surface area contributed by atoms with Crippen molar-refractivity contribution in [3.05, 3.63) is 22.6 Å². The van der Waals surface area contributed by atoms with Gasteiger partial charge in [-0.25, -0.2) is 4.68 Å². The molecule has 1 fully saturated rings. The maximum atomic E-state index is 12.0. The standard InChI is InChI=1S/C14H24N4O/c1-11-4-3-5-17(9-11)13-6-14(19)18(16-8-13)10-12(2)7-15/h6,8,11-12H,3-5,7,9-10,15H2,1-2H3. The molecule has 5 heteroatoms. The molecule has 19 heavy (non-hydrogen) atoms. The molecule has 2 rings (SSSR count). The Morgan fingerprint density at radius 2 is 2.37 bits per heavy atom. The van der Waals surface area contributed by atoms with E-state index in [1.54, 1.807) is 6.07 Å². The van der Waals surface area contributed by atoms with Crippen molar-refractivity contribution in [2.75, 3.05) is 24.5 Å². The molecular weight excluding hydrogens is 240 g/mol. The van der Waals surface area contributed by atoms with Gasteiger partial charge < -0.3 is 10.6 Å². The van der Waals surface area contributed by atoms with Gasteiger partial charge >= 0.3 is 0 Å². The lowest BCUT2D eigenvalue weighted by Gasteiger charge is -2.32. The van der Waals surface area contributed by atoms with Crippen molar-refractivity contribution in [3.8, 4) is 0 Å². The molecule has 106 valence electrons. The highest BCUT2D eigenvalue weighted by Gasteiger charge is 2.17. The average Bonchev–Trinajstić information content (AvgIpc) is 2.41. The molecule has 0 amide bonds. The summed E-state index contributed by atoms with van der Waals surface area (Å²) in [5.41, 5.74) is 6.50. The van der Waals surface area contributed by atoms with E-state index < -0.39 is 0 Å². The van der Waals surface area contributed by atoms with E-state index in [0.717, 1.165) is 18.8 Å². The van der Waals surface area contributed by atoms with Crippen LogP contribution in [-0.4, -0.2) is 29.4 Å². The van der Waals surface area contributed by atoms with Gasteiger partial charge in [0.25, 0.3) is 5.56 Å². The van der Waals surface area contributed by atoms with Crippen LogP contribution in [0.25, 0.3) is 0 Å². The molecule has 2 atom stereocenters. The molecule has 0 aromatic carbocycles. The molecule has 0 bridgehead atoms. The van der Waals surface area contributed by atoms with Gasteiger partial charge in [0.15, 0.2) is 0 Å². The van der Waals surface area contributed by atoms with Crippen LogP contribution in [0, 0.1) is 11.8 Å². The monoisotopic (exact) mass is 264 g/mol. The van der Waals surface area contributed by atoms with Gasteiger partial charge in [-0.05, 0) is 31.2 Å². The number of nitrogens with two attached hydrogens (primary N) is 1. The summed E-state index contributed by atoms with van der Waals surface area (Å²) in [6.07, 6.45) is 4.27. The van der Waals surface area contributed by atoms with Gasteiger partial charge in [0.2, 0.25) is 0 Å². The van der Waals surface area contributed by atoms with Crippen molar-refractivity contribution in [2.45, 2.75) is 33.2 Å². The highest BCUT2D eigenvalue weighted by Crippen LogP contribution is 2.20. The second-order valence-corrected chi connectivity index (χ2v) is 5.77. The number of aromatic nitrogens is 2. The SMILES string of the molecule is CC1CCCN(c2cnn(CC(C)CN)c(=O)c2)C1. The summed E-state index contributed by atoms with van der Waals surface area (Å²) in [5.74, 6) is 0.958. The van der Waals surface area contributed by atoms with Crippen molar-refractivity contribution in [1.29, 1.82) is 0 Å². The molecule has 5 nitrogen and oxygen atoms in total. The summed E-state index contributed by atoms with van der Waals surface area (Å²) in [4.78, 5) is 14.3. The van der Waals surface area contributed by atoms with Gasteiger partial charge in [-0.15, -0.1) is 0 Å². The third-order valence-corrected chi connectivity index (χ3v) is 3.76. The minimum absolute atomic E-state index is 0.0315. The summed E-state index contributed by atoms with van der Waals surface area (Å²) in [6.45, 7) is 7.47. The topological polar surface area (TPSA) is 64.2 Å². The molecule has 0 aliphatic carbocycles. The Balaban J connectivity index is 2.12. The summed E-state index contributed by atoms with van der Waals surface area (Å²) in [5, 5.41) is 4.27. The van der Waals surface area contributed by atoms with Gasteiger partial charge in [-0.3, -0.25) is 4.79 Å². The van der Waals surface area contributed by atoms with Gasteiger partial charge in [0, 0.05) is 25.7 Å². The van der Waals surface area contributed by atoms with Crippen LogP contribution in [0.1, 0.15) is 26.7 Å². The van der Waals surface area contributed by atoms with Crippen LogP contribution in [0.15, 0.2) is 17.1 Å². The maximum Gasteiger partial charge on any atom is 0.268 e. The lowest BCUT2D eigenvalue weighted by Crippen LogP contribution is -2.36. The second-order valence-electron chi connectivity index (χ2n) is 5.77. The Kier molecular flexibility index (Phi) is 4.58. The Morgan fingerprint density at radius 1 is 1.58 bits per heavy atom. The molecule has 1 aromatic rings. The molecule has 0 saturated carbocycles. The molecule has 1 aromatic heterocycles. The molecule has 1 saturated heterocycles. The van der Waals surface area contributed by atoms with Crippen molar-refractivity contribution < 1.29 is 0 Å². The van der Waals surface area contributed by atoms with Gasteiger partial charge in [-0.2, -0.15) is 5.10 Å². The van der Waals surface area contributed by atoms with E-state index in [2.05, 4.69) is 16.9 Å². The Labute approximate surface area is 114 Å². The van der Waals surface area contributed by atoms with Gasteiger partial charge in [0.05, 0.1) is 11.9 Å². The van der Waals surface area contributed by atoms with Crippen LogP contribution in [0.4, 0.5) is 5.69 Å². The minimum atomic E-state index is -0.0315. The Morgan fingerprint density at radius 3 is 3.00 bits per heavy atom. The Bertz CT molecular complexity index is 471. The Hall–Kier alpha value is -1.36. The van der Waals surface area contributed by atoms with E-state index in [1.165, 1.54) is 17.5 Å². The highest BCUT2D eigenvalue weighted by molar-refractivity contribution is 5.43. The molecule has 0 spiro atoms. The predicted molar refractivity (Wildman–Crippen MR) is 77.3 cm³/mol. The first-order chi connectivity index (χ1) is 9.10. The summed E-state index contributed by atoms with van der Waals surface area (Å²) >= 11 is 0. The van der Waals surface area contributed by atoms with Crippen LogP contribution in [-0.2, 0) is 6.54 Å². The van der Waals surface area contributed by atoms with Crippen molar-refractivity contribution >= 4 is 5.69 Å². The number of hydrogen-bond donors (Lipinski definition) is 1. The second kappa shape index (κ2) is 6.19. The number of anilines is 1. The van der Waals surface area contributed by atoms with E-state index in [0.29, 0.717) is 19.0 Å². The molecular formula is C14H24N4O. The quantitative estimate of drug-likeness (QED) is 0.883. The summed E-state index contributed by atoms with van der Waals surface area (Å²) < 4.78 is 1.51. The smallest absolute Gasteiger partial charge is 0.268 e. The van der Waals surface area contributed by atoms with Crippen molar-refractivity contribution in [3.63, 3.8) is 0 Å². The third-order valence-electron chi connectivity index (χ3n) is 3.76. The number of piperidine rings is 1. The fourth-order valence-corrected chi connectivity index (χ4v) is 2.53.